The average Bonchev–Trinajstić information content (AvgIpc) is 3.62. The van der Waals surface area contributed by atoms with Crippen LogP contribution in [0.15, 0.2) is 85.2 Å². The molecular weight excluding hydrogens is 611 g/mol. The topological polar surface area (TPSA) is 91.3 Å². The third-order valence-corrected chi connectivity index (χ3v) is 7.30. The maximum atomic E-state index is 12.8. The number of aromatic amines is 1. The van der Waals surface area contributed by atoms with Crippen LogP contribution in [0.1, 0.15) is 34.6 Å². The van der Waals surface area contributed by atoms with E-state index in [4.69, 9.17) is 37.4 Å². The molecule has 6 aromatic rings. The van der Waals surface area contributed by atoms with Crippen LogP contribution < -0.4 is 9.47 Å². The summed E-state index contributed by atoms with van der Waals surface area (Å²) in [7, 11) is 0. The molecule has 0 fully saturated rings. The van der Waals surface area contributed by atoms with E-state index in [1.165, 1.54) is 4.57 Å². The lowest BCUT2D eigenvalue weighted by Crippen LogP contribution is -2.27. The summed E-state index contributed by atoms with van der Waals surface area (Å²) in [6.45, 7) is 10.7. The summed E-state index contributed by atoms with van der Waals surface area (Å²) in [4.78, 5) is 24.7. The van der Waals surface area contributed by atoms with Gasteiger partial charge in [-0.05, 0) is 119 Å². The molecule has 0 saturated heterocycles. The van der Waals surface area contributed by atoms with Crippen molar-refractivity contribution in [1.82, 2.24) is 19.5 Å². The number of carbonyl (C=O) groups excluding carboxylic acids is 1. The van der Waals surface area contributed by atoms with Gasteiger partial charge in [-0.3, -0.25) is 0 Å². The van der Waals surface area contributed by atoms with Gasteiger partial charge in [0.15, 0.2) is 5.65 Å². The molecule has 0 unspecified atom stereocenters. The molecule has 1 N–H and O–H groups in total. The van der Waals surface area contributed by atoms with Crippen molar-refractivity contribution < 1.29 is 19.0 Å². The number of aromatic nitrogens is 4. The molecule has 0 saturated carbocycles. The Hall–Kier alpha value is -4.53. The minimum atomic E-state index is -0.623. The molecule has 0 bridgehead atoms. The summed E-state index contributed by atoms with van der Waals surface area (Å²) in [6.07, 6.45) is 2.78. The van der Waals surface area contributed by atoms with E-state index in [9.17, 15) is 4.79 Å². The van der Waals surface area contributed by atoms with Crippen LogP contribution in [0, 0.1) is 0 Å². The standard InChI is InChI=1S/C20H21ClN2O3.C15H13ClN2O/c1-5-25-14-8-6-13(7-9-14)17-12-15-16(21)10-11-22-18(15)23(17)19(24)26-20(2,3)4;1-2-19-11-5-3-10(4-6-11)14-9-12-13(16)7-8-17-15(12)18-14/h6-12H,5H2,1-4H3;3-9H,2H2,1H3,(H,17,18). The molecule has 0 aliphatic carbocycles. The van der Waals surface area contributed by atoms with Crippen LogP contribution in [0.5, 0.6) is 11.5 Å². The summed E-state index contributed by atoms with van der Waals surface area (Å²) in [5, 5.41) is 2.87. The van der Waals surface area contributed by atoms with E-state index in [-0.39, 0.29) is 0 Å². The highest BCUT2D eigenvalue weighted by atomic mass is 35.5. The smallest absolute Gasteiger partial charge is 0.420 e. The molecule has 0 aliphatic heterocycles. The lowest BCUT2D eigenvalue weighted by Gasteiger charge is -2.20. The summed E-state index contributed by atoms with van der Waals surface area (Å²) in [6, 6.07) is 22.8. The molecule has 2 aromatic carbocycles. The first-order valence-corrected chi connectivity index (χ1v) is 15.3. The van der Waals surface area contributed by atoms with E-state index in [1.54, 1.807) is 24.5 Å². The van der Waals surface area contributed by atoms with Crippen LogP contribution >= 0.6 is 23.2 Å². The third-order valence-electron chi connectivity index (χ3n) is 6.64. The number of hydrogen-bond donors (Lipinski definition) is 1. The predicted octanol–water partition coefficient (Wildman–Crippen LogP) is 9.82. The molecule has 10 heteroatoms. The van der Waals surface area contributed by atoms with E-state index < -0.39 is 11.7 Å². The van der Waals surface area contributed by atoms with Gasteiger partial charge in [0.05, 0.1) is 29.0 Å². The Balaban J connectivity index is 0.000000186. The Kier molecular flexibility index (Phi) is 9.65. The fraction of sp³-hybridized carbons (Fsp3) is 0.229. The molecular formula is C35H34Cl2N4O4. The monoisotopic (exact) mass is 644 g/mol. The molecule has 0 amide bonds. The van der Waals surface area contributed by atoms with Crippen LogP contribution in [-0.2, 0) is 4.74 Å². The van der Waals surface area contributed by atoms with Gasteiger partial charge < -0.3 is 19.2 Å². The number of halogens is 2. The molecule has 4 heterocycles. The van der Waals surface area contributed by atoms with Gasteiger partial charge in [0.25, 0.3) is 0 Å². The van der Waals surface area contributed by atoms with Gasteiger partial charge in [-0.25, -0.2) is 19.3 Å². The Morgan fingerprint density at radius 3 is 1.89 bits per heavy atom. The summed E-state index contributed by atoms with van der Waals surface area (Å²) >= 11 is 12.5. The van der Waals surface area contributed by atoms with Gasteiger partial charge in [0.2, 0.25) is 0 Å². The highest BCUT2D eigenvalue weighted by Crippen LogP contribution is 2.33. The van der Waals surface area contributed by atoms with Crippen molar-refractivity contribution in [2.45, 2.75) is 40.2 Å². The van der Waals surface area contributed by atoms with Crippen molar-refractivity contribution in [2.75, 3.05) is 13.2 Å². The zero-order chi connectivity index (χ0) is 32.1. The van der Waals surface area contributed by atoms with Crippen LogP contribution in [0.4, 0.5) is 4.79 Å². The molecule has 6 rings (SSSR count). The normalized spacial score (nSPS) is 11.3. The average molecular weight is 646 g/mol. The van der Waals surface area contributed by atoms with Gasteiger partial charge in [0, 0.05) is 28.9 Å². The van der Waals surface area contributed by atoms with E-state index in [0.717, 1.165) is 39.4 Å². The fourth-order valence-corrected chi connectivity index (χ4v) is 5.10. The van der Waals surface area contributed by atoms with Crippen molar-refractivity contribution in [3.8, 4) is 34.0 Å². The molecule has 45 heavy (non-hydrogen) atoms. The molecule has 0 spiro atoms. The predicted molar refractivity (Wildman–Crippen MR) is 181 cm³/mol. The minimum Gasteiger partial charge on any atom is -0.494 e. The van der Waals surface area contributed by atoms with Crippen molar-refractivity contribution in [3.05, 3.63) is 95.2 Å². The molecule has 4 aromatic heterocycles. The van der Waals surface area contributed by atoms with Crippen molar-refractivity contribution >= 4 is 51.4 Å². The van der Waals surface area contributed by atoms with Crippen molar-refractivity contribution in [1.29, 1.82) is 0 Å². The van der Waals surface area contributed by atoms with Gasteiger partial charge in [-0.2, -0.15) is 0 Å². The first-order valence-electron chi connectivity index (χ1n) is 14.6. The maximum absolute atomic E-state index is 12.8. The van der Waals surface area contributed by atoms with Gasteiger partial charge in [-0.15, -0.1) is 0 Å². The Morgan fingerprint density at radius 2 is 1.33 bits per heavy atom. The number of pyridine rings is 2. The quantitative estimate of drug-likeness (QED) is 0.194. The van der Waals surface area contributed by atoms with Crippen molar-refractivity contribution in [3.63, 3.8) is 0 Å². The molecule has 0 atom stereocenters. The van der Waals surface area contributed by atoms with Gasteiger partial charge in [0.1, 0.15) is 22.7 Å². The summed E-state index contributed by atoms with van der Waals surface area (Å²) in [5.74, 6) is 1.64. The summed E-state index contributed by atoms with van der Waals surface area (Å²) in [5.41, 5.74) is 4.23. The first-order chi connectivity index (χ1) is 21.6. The van der Waals surface area contributed by atoms with Crippen LogP contribution in [0.25, 0.3) is 44.6 Å². The number of fused-ring (bicyclic) bond motifs is 2. The highest BCUT2D eigenvalue weighted by molar-refractivity contribution is 6.35. The Labute approximate surface area is 271 Å². The number of ether oxygens (including phenoxy) is 3. The number of carbonyl (C=O) groups is 1. The van der Waals surface area contributed by atoms with E-state index in [1.807, 2.05) is 95.3 Å². The minimum absolute atomic E-state index is 0.468. The van der Waals surface area contributed by atoms with Crippen molar-refractivity contribution in [2.24, 2.45) is 0 Å². The van der Waals surface area contributed by atoms with E-state index in [0.29, 0.717) is 40.0 Å². The Morgan fingerprint density at radius 1 is 0.778 bits per heavy atom. The molecule has 0 radical (unpaired) electrons. The highest BCUT2D eigenvalue weighted by Gasteiger charge is 2.24. The van der Waals surface area contributed by atoms with Crippen LogP contribution in [0.3, 0.4) is 0 Å². The lowest BCUT2D eigenvalue weighted by atomic mass is 10.1. The molecule has 232 valence electrons. The zero-order valence-corrected chi connectivity index (χ0v) is 27.2. The number of nitrogens with zero attached hydrogens (tertiary/aromatic N) is 3. The molecule has 0 aliphatic rings. The van der Waals surface area contributed by atoms with Crippen LogP contribution in [0.2, 0.25) is 10.0 Å². The second-order valence-electron chi connectivity index (χ2n) is 11.0. The zero-order valence-electron chi connectivity index (χ0n) is 25.7. The van der Waals surface area contributed by atoms with E-state index >= 15 is 0 Å². The third kappa shape index (κ3) is 7.41. The SMILES string of the molecule is CCOc1ccc(-c2cc3c(Cl)ccnc3[nH]2)cc1.CCOc1ccc(-c2cc3c(Cl)ccnc3n2C(=O)OC(C)(C)C)cc1. The first kappa shape index (κ1) is 31.9. The fourth-order valence-electron chi connectivity index (χ4n) is 4.71. The Bertz CT molecular complexity index is 1920. The van der Waals surface area contributed by atoms with Gasteiger partial charge >= 0.3 is 6.09 Å². The van der Waals surface area contributed by atoms with Crippen LogP contribution in [-0.4, -0.2) is 44.4 Å². The number of benzene rings is 2. The maximum Gasteiger partial charge on any atom is 0.420 e. The second-order valence-corrected chi connectivity index (χ2v) is 11.8. The molecule has 8 nitrogen and oxygen atoms in total. The number of H-pyrrole nitrogens is 1. The van der Waals surface area contributed by atoms with E-state index in [2.05, 4.69) is 15.0 Å². The second kappa shape index (κ2) is 13.6. The number of nitrogens with one attached hydrogen (secondary N) is 1. The largest absolute Gasteiger partial charge is 0.494 e. The number of rotatable bonds is 6. The van der Waals surface area contributed by atoms with Gasteiger partial charge in [-0.1, -0.05) is 23.2 Å². The summed E-state index contributed by atoms with van der Waals surface area (Å²) < 4.78 is 17.9. The lowest BCUT2D eigenvalue weighted by molar-refractivity contribution is 0.0546. The number of hydrogen-bond acceptors (Lipinski definition) is 6.